The molecule has 3 heterocycles. The predicted octanol–water partition coefficient (Wildman–Crippen LogP) is 3.45. The zero-order valence-corrected chi connectivity index (χ0v) is 18.7. The van der Waals surface area contributed by atoms with E-state index in [1.165, 1.54) is 11.3 Å². The molecule has 4 rings (SSSR count). The Hall–Kier alpha value is -3.14. The maximum absolute atomic E-state index is 12.9. The summed E-state index contributed by atoms with van der Waals surface area (Å²) in [5.74, 6) is 2.21. The molecule has 0 spiro atoms. The Morgan fingerprint density at radius 1 is 1.29 bits per heavy atom. The standard InChI is InChI=1S/C21H27N7O2S/c1-13(2)10-15-11-27(21(29)24-14-4-6-16(30-3)7-5-14)8-9-28(15)18-17-19(31-12-23-17)26-20(22)25-18/h4-7,12-13,15H,8-11H2,1-3H3,(H,24,29)(H2,22,25,26)/t15-/m0/s1. The molecule has 9 nitrogen and oxygen atoms in total. The van der Waals surface area contributed by atoms with Crippen LogP contribution in [0.5, 0.6) is 5.75 Å². The van der Waals surface area contributed by atoms with Crippen molar-refractivity contribution in [3.8, 4) is 5.75 Å². The highest BCUT2D eigenvalue weighted by molar-refractivity contribution is 7.16. The Bertz CT molecular complexity index is 1050. The van der Waals surface area contributed by atoms with Gasteiger partial charge in [-0.3, -0.25) is 0 Å². The summed E-state index contributed by atoms with van der Waals surface area (Å²) in [5.41, 5.74) is 9.23. The third-order valence-corrected chi connectivity index (χ3v) is 6.04. The molecule has 31 heavy (non-hydrogen) atoms. The normalized spacial score (nSPS) is 16.7. The fourth-order valence-electron chi connectivity index (χ4n) is 3.90. The first kappa shape index (κ1) is 21.1. The van der Waals surface area contributed by atoms with Crippen LogP contribution in [0.1, 0.15) is 20.3 Å². The number of rotatable bonds is 5. The number of nitrogens with zero attached hydrogens (tertiary/aromatic N) is 5. The number of anilines is 3. The van der Waals surface area contributed by atoms with Crippen LogP contribution in [0.25, 0.3) is 10.3 Å². The van der Waals surface area contributed by atoms with E-state index in [1.54, 1.807) is 12.6 Å². The minimum Gasteiger partial charge on any atom is -0.497 e. The lowest BCUT2D eigenvalue weighted by atomic mass is 10.00. The van der Waals surface area contributed by atoms with Gasteiger partial charge in [0.25, 0.3) is 0 Å². The Morgan fingerprint density at radius 3 is 2.77 bits per heavy atom. The maximum Gasteiger partial charge on any atom is 0.321 e. The lowest BCUT2D eigenvalue weighted by Gasteiger charge is -2.42. The molecule has 3 N–H and O–H groups in total. The van der Waals surface area contributed by atoms with Crippen LogP contribution in [-0.2, 0) is 0 Å². The Balaban J connectivity index is 1.53. The Kier molecular flexibility index (Phi) is 6.08. The molecule has 10 heteroatoms. The molecule has 3 aromatic rings. The first-order valence-electron chi connectivity index (χ1n) is 10.3. The van der Waals surface area contributed by atoms with Gasteiger partial charge in [-0.1, -0.05) is 13.8 Å². The highest BCUT2D eigenvalue weighted by Gasteiger charge is 2.32. The van der Waals surface area contributed by atoms with E-state index in [0.29, 0.717) is 25.6 Å². The van der Waals surface area contributed by atoms with Gasteiger partial charge < -0.3 is 25.6 Å². The number of aromatic nitrogens is 3. The van der Waals surface area contributed by atoms with Crippen molar-refractivity contribution in [3.63, 3.8) is 0 Å². The van der Waals surface area contributed by atoms with E-state index in [2.05, 4.69) is 39.0 Å². The summed E-state index contributed by atoms with van der Waals surface area (Å²) in [4.78, 5) is 31.1. The predicted molar refractivity (Wildman–Crippen MR) is 124 cm³/mol. The van der Waals surface area contributed by atoms with Gasteiger partial charge in [0.15, 0.2) is 10.6 Å². The van der Waals surface area contributed by atoms with Gasteiger partial charge in [-0.25, -0.2) is 14.8 Å². The molecule has 2 amide bonds. The monoisotopic (exact) mass is 441 g/mol. The molecule has 0 aliphatic carbocycles. The maximum atomic E-state index is 12.9. The zero-order chi connectivity index (χ0) is 22.0. The number of benzene rings is 1. The number of methoxy groups -OCH3 is 1. The molecule has 1 fully saturated rings. The molecule has 1 saturated heterocycles. The number of amides is 2. The lowest BCUT2D eigenvalue weighted by molar-refractivity contribution is 0.193. The van der Waals surface area contributed by atoms with Crippen LogP contribution in [-0.4, -0.2) is 58.7 Å². The number of hydrogen-bond acceptors (Lipinski definition) is 8. The zero-order valence-electron chi connectivity index (χ0n) is 17.9. The highest BCUT2D eigenvalue weighted by atomic mass is 32.1. The van der Waals surface area contributed by atoms with E-state index < -0.39 is 0 Å². The fourth-order valence-corrected chi connectivity index (χ4v) is 4.56. The van der Waals surface area contributed by atoms with Crippen molar-refractivity contribution in [2.45, 2.75) is 26.3 Å². The average Bonchev–Trinajstić information content (AvgIpc) is 3.21. The van der Waals surface area contributed by atoms with E-state index in [9.17, 15) is 4.79 Å². The van der Waals surface area contributed by atoms with Crippen LogP contribution in [0.4, 0.5) is 22.2 Å². The molecule has 164 valence electrons. The van der Waals surface area contributed by atoms with E-state index in [-0.39, 0.29) is 18.0 Å². The lowest BCUT2D eigenvalue weighted by Crippen LogP contribution is -2.56. The van der Waals surface area contributed by atoms with Gasteiger partial charge >= 0.3 is 6.03 Å². The number of ether oxygens (including phenoxy) is 1. The second-order valence-electron chi connectivity index (χ2n) is 7.99. The smallest absolute Gasteiger partial charge is 0.321 e. The Labute approximate surface area is 185 Å². The summed E-state index contributed by atoms with van der Waals surface area (Å²) < 4.78 is 5.18. The van der Waals surface area contributed by atoms with E-state index in [1.807, 2.05) is 29.2 Å². The summed E-state index contributed by atoms with van der Waals surface area (Å²) in [6, 6.07) is 7.32. The van der Waals surface area contributed by atoms with Crippen LogP contribution >= 0.6 is 11.3 Å². The van der Waals surface area contributed by atoms with Crippen LogP contribution in [0.2, 0.25) is 0 Å². The van der Waals surface area contributed by atoms with E-state index >= 15 is 0 Å². The van der Waals surface area contributed by atoms with Crippen molar-refractivity contribution in [2.24, 2.45) is 5.92 Å². The van der Waals surface area contributed by atoms with Gasteiger partial charge in [-0.15, -0.1) is 11.3 Å². The summed E-state index contributed by atoms with van der Waals surface area (Å²) in [6.07, 6.45) is 0.919. The van der Waals surface area contributed by atoms with Crippen LogP contribution in [0, 0.1) is 5.92 Å². The quantitative estimate of drug-likeness (QED) is 0.624. The molecule has 0 saturated carbocycles. The van der Waals surface area contributed by atoms with Crippen molar-refractivity contribution in [2.75, 3.05) is 42.7 Å². The molecule has 1 aromatic carbocycles. The summed E-state index contributed by atoms with van der Waals surface area (Å²) in [5, 5.41) is 2.98. The number of nitrogens with one attached hydrogen (secondary N) is 1. The SMILES string of the molecule is COc1ccc(NC(=O)N2CCN(c3nc(N)nc4scnc34)[C@@H](CC(C)C)C2)cc1. The molecule has 0 bridgehead atoms. The molecular formula is C21H27N7O2S. The molecule has 1 atom stereocenters. The number of thiazole rings is 1. The third kappa shape index (κ3) is 4.63. The minimum atomic E-state index is -0.112. The van der Waals surface area contributed by atoms with Gasteiger partial charge in [0, 0.05) is 31.4 Å². The number of urea groups is 1. The highest BCUT2D eigenvalue weighted by Crippen LogP contribution is 2.30. The molecular weight excluding hydrogens is 414 g/mol. The first-order chi connectivity index (χ1) is 14.9. The largest absolute Gasteiger partial charge is 0.497 e. The van der Waals surface area contributed by atoms with Crippen molar-refractivity contribution in [1.82, 2.24) is 19.9 Å². The third-order valence-electron chi connectivity index (χ3n) is 5.32. The second-order valence-corrected chi connectivity index (χ2v) is 8.83. The summed E-state index contributed by atoms with van der Waals surface area (Å²) in [7, 11) is 1.62. The van der Waals surface area contributed by atoms with Crippen LogP contribution in [0.3, 0.4) is 0 Å². The van der Waals surface area contributed by atoms with Gasteiger partial charge in [0.1, 0.15) is 11.3 Å². The van der Waals surface area contributed by atoms with Crippen molar-refractivity contribution >= 4 is 45.2 Å². The van der Waals surface area contributed by atoms with Crippen molar-refractivity contribution in [3.05, 3.63) is 29.8 Å². The van der Waals surface area contributed by atoms with Crippen molar-refractivity contribution < 1.29 is 9.53 Å². The first-order valence-corrected chi connectivity index (χ1v) is 11.2. The number of hydrogen-bond donors (Lipinski definition) is 2. The fraction of sp³-hybridized carbons (Fsp3) is 0.429. The van der Waals surface area contributed by atoms with Crippen LogP contribution in [0.15, 0.2) is 29.8 Å². The molecule has 1 aliphatic heterocycles. The number of carbonyl (C=O) groups excluding carboxylic acids is 1. The van der Waals surface area contributed by atoms with Gasteiger partial charge in [0.05, 0.1) is 12.6 Å². The van der Waals surface area contributed by atoms with Gasteiger partial charge in [-0.2, -0.15) is 4.98 Å². The molecule has 1 aliphatic rings. The number of nitrogen functional groups attached to an aromatic ring is 1. The van der Waals surface area contributed by atoms with Gasteiger partial charge in [0.2, 0.25) is 5.95 Å². The number of fused-ring (bicyclic) bond motifs is 1. The molecule has 2 aromatic heterocycles. The molecule has 0 unspecified atom stereocenters. The topological polar surface area (TPSA) is 110 Å². The molecule has 0 radical (unpaired) electrons. The van der Waals surface area contributed by atoms with Gasteiger partial charge in [-0.05, 0) is 36.6 Å². The number of piperazine rings is 1. The average molecular weight is 442 g/mol. The van der Waals surface area contributed by atoms with E-state index in [0.717, 1.165) is 34.0 Å². The second kappa shape index (κ2) is 8.93. The van der Waals surface area contributed by atoms with E-state index in [4.69, 9.17) is 10.5 Å². The van der Waals surface area contributed by atoms with Crippen LogP contribution < -0.4 is 20.7 Å². The summed E-state index contributed by atoms with van der Waals surface area (Å²) in [6.45, 7) is 6.18. The number of carbonyl (C=O) groups is 1. The minimum absolute atomic E-state index is 0.106. The number of nitrogens with two attached hydrogens (primary N) is 1. The summed E-state index contributed by atoms with van der Waals surface area (Å²) >= 11 is 1.45. The van der Waals surface area contributed by atoms with Crippen molar-refractivity contribution in [1.29, 1.82) is 0 Å². The Morgan fingerprint density at radius 2 is 2.06 bits per heavy atom.